The van der Waals surface area contributed by atoms with E-state index in [0.29, 0.717) is 19.7 Å². The number of hydrogen-bond donors (Lipinski definition) is 2. The van der Waals surface area contributed by atoms with Gasteiger partial charge in [0.15, 0.2) is 0 Å². The molecule has 2 N–H and O–H groups in total. The monoisotopic (exact) mass is 625 g/mol. The van der Waals surface area contributed by atoms with Gasteiger partial charge in [-0.1, -0.05) is 54.6 Å². The summed E-state index contributed by atoms with van der Waals surface area (Å²) in [5, 5.41) is 9.63. The summed E-state index contributed by atoms with van der Waals surface area (Å²) >= 11 is 5.21. The molecule has 202 valence electrons. The van der Waals surface area contributed by atoms with Crippen LogP contribution in [0.2, 0.25) is 0 Å². The maximum atomic E-state index is 11.4. The van der Waals surface area contributed by atoms with Gasteiger partial charge in [-0.3, -0.25) is 0 Å². The van der Waals surface area contributed by atoms with Crippen LogP contribution in [0.15, 0.2) is 89.2 Å². The molecule has 8 nitrogen and oxygen atoms in total. The molecule has 0 aliphatic carbocycles. The van der Waals surface area contributed by atoms with Crippen LogP contribution in [0.25, 0.3) is 11.3 Å². The van der Waals surface area contributed by atoms with E-state index in [0.717, 1.165) is 38.8 Å². The fraction of sp³-hybridized carbons (Fsp3) is 0.214. The first-order valence-corrected chi connectivity index (χ1v) is 16.0. The Morgan fingerprint density at radius 2 is 1.79 bits per heavy atom. The third-order valence-corrected chi connectivity index (χ3v) is 8.59. The van der Waals surface area contributed by atoms with Gasteiger partial charge in [0.05, 0.1) is 45.5 Å². The lowest BCUT2D eigenvalue weighted by Gasteiger charge is -2.42. The first-order valence-electron chi connectivity index (χ1n) is 12.3. The number of ether oxygens (including phenoxy) is 1. The summed E-state index contributed by atoms with van der Waals surface area (Å²) in [6, 6.07) is 26.0. The zero-order chi connectivity index (χ0) is 27.3. The number of sulfone groups is 1. The zero-order valence-corrected chi connectivity index (χ0v) is 24.5. The highest BCUT2D eigenvalue weighted by Crippen LogP contribution is 2.43. The van der Waals surface area contributed by atoms with Gasteiger partial charge in [0, 0.05) is 36.0 Å². The number of anilines is 1. The van der Waals surface area contributed by atoms with E-state index in [1.807, 2.05) is 78.2 Å². The summed E-state index contributed by atoms with van der Waals surface area (Å²) in [4.78, 5) is 9.42. The fourth-order valence-corrected chi connectivity index (χ4v) is 5.90. The Hall–Kier alpha value is -3.09. The molecule has 11 heteroatoms. The van der Waals surface area contributed by atoms with Gasteiger partial charge >= 0.3 is 0 Å². The largest absolute Gasteiger partial charge is 0.335 e. The molecule has 39 heavy (non-hydrogen) atoms. The van der Waals surface area contributed by atoms with Crippen LogP contribution in [0.1, 0.15) is 16.1 Å². The second-order valence-corrected chi connectivity index (χ2v) is 13.1. The average Bonchev–Trinajstić information content (AvgIpc) is 3.41. The Labute approximate surface area is 241 Å². The smallest absolute Gasteiger partial charge is 0.260 e. The number of fused-ring (bicyclic) bond motifs is 1. The van der Waals surface area contributed by atoms with E-state index in [4.69, 9.17) is 9.72 Å². The lowest BCUT2D eigenvalue weighted by molar-refractivity contribution is -0.0861. The number of hydrogen-bond acceptors (Lipinski definition) is 9. The number of aliphatic imine (C=N–C) groups is 1. The van der Waals surface area contributed by atoms with E-state index in [-0.39, 0.29) is 5.75 Å². The highest BCUT2D eigenvalue weighted by Gasteiger charge is 2.43. The summed E-state index contributed by atoms with van der Waals surface area (Å²) in [6.07, 6.45) is 2.94. The lowest BCUT2D eigenvalue weighted by atomic mass is 10.0. The maximum Gasteiger partial charge on any atom is 0.260 e. The van der Waals surface area contributed by atoms with Crippen molar-refractivity contribution in [3.63, 3.8) is 0 Å². The van der Waals surface area contributed by atoms with Crippen molar-refractivity contribution in [1.29, 1.82) is 0 Å². The number of thiazole rings is 1. The van der Waals surface area contributed by atoms with Crippen molar-refractivity contribution in [1.82, 2.24) is 14.2 Å². The van der Waals surface area contributed by atoms with E-state index in [9.17, 15) is 8.42 Å². The van der Waals surface area contributed by atoms with Crippen molar-refractivity contribution in [2.24, 2.45) is 4.99 Å². The van der Waals surface area contributed by atoms with Crippen molar-refractivity contribution in [3.8, 4) is 11.3 Å². The minimum atomic E-state index is -3.00. The third kappa shape index (κ3) is 6.74. The van der Waals surface area contributed by atoms with E-state index < -0.39 is 15.7 Å². The quantitative estimate of drug-likeness (QED) is 0.126. The number of aromatic nitrogens is 1. The second kappa shape index (κ2) is 12.0. The van der Waals surface area contributed by atoms with Gasteiger partial charge in [0.25, 0.3) is 5.85 Å². The van der Waals surface area contributed by atoms with Crippen molar-refractivity contribution >= 4 is 55.0 Å². The molecule has 3 aromatic carbocycles. The van der Waals surface area contributed by atoms with Gasteiger partial charge in [0.1, 0.15) is 21.2 Å². The molecule has 5 rings (SSSR count). The zero-order valence-electron chi connectivity index (χ0n) is 21.2. The molecule has 0 fully saturated rings. The Morgan fingerprint density at radius 3 is 2.54 bits per heavy atom. The molecule has 1 aromatic heterocycles. The molecule has 1 aliphatic rings. The Bertz CT molecular complexity index is 1550. The van der Waals surface area contributed by atoms with Gasteiger partial charge in [-0.05, 0) is 29.8 Å². The second-order valence-electron chi connectivity index (χ2n) is 9.13. The van der Waals surface area contributed by atoms with E-state index in [2.05, 4.69) is 37.8 Å². The van der Waals surface area contributed by atoms with Crippen molar-refractivity contribution < 1.29 is 13.2 Å². The fourth-order valence-electron chi connectivity index (χ4n) is 4.14. The van der Waals surface area contributed by atoms with E-state index in [1.165, 1.54) is 17.6 Å². The van der Waals surface area contributed by atoms with Gasteiger partial charge in [0.2, 0.25) is 0 Å². The van der Waals surface area contributed by atoms with E-state index in [1.54, 1.807) is 10.3 Å². The first-order chi connectivity index (χ1) is 18.8. The summed E-state index contributed by atoms with van der Waals surface area (Å²) < 4.78 is 31.2. The van der Waals surface area contributed by atoms with Crippen molar-refractivity contribution in [3.05, 3.63) is 100 Å². The van der Waals surface area contributed by atoms with Gasteiger partial charge in [-0.15, -0.1) is 11.3 Å². The molecule has 0 amide bonds. The van der Waals surface area contributed by atoms with Crippen molar-refractivity contribution in [2.45, 2.75) is 19.0 Å². The highest BCUT2D eigenvalue weighted by atomic mass is 79.9. The van der Waals surface area contributed by atoms with Crippen LogP contribution in [-0.2, 0) is 33.6 Å². The van der Waals surface area contributed by atoms with Gasteiger partial charge in [-0.25, -0.2) is 22.3 Å². The molecular formula is C28H28BrN5O3S2. The summed E-state index contributed by atoms with van der Waals surface area (Å²) in [5.41, 5.74) is 5.30. The van der Waals surface area contributed by atoms with Crippen LogP contribution < -0.4 is 10.6 Å². The summed E-state index contributed by atoms with van der Waals surface area (Å²) in [6.45, 7) is 1.25. The highest BCUT2D eigenvalue weighted by molar-refractivity contribution is 9.07. The Kier molecular flexibility index (Phi) is 8.43. The predicted molar refractivity (Wildman–Crippen MR) is 161 cm³/mol. The van der Waals surface area contributed by atoms with Crippen LogP contribution in [0.4, 0.5) is 11.4 Å². The summed E-state index contributed by atoms with van der Waals surface area (Å²) in [5.74, 6) is -1.00. The van der Waals surface area contributed by atoms with Gasteiger partial charge < -0.3 is 15.4 Å². The molecule has 2 heterocycles. The number of halogens is 1. The van der Waals surface area contributed by atoms with Crippen LogP contribution >= 0.6 is 27.5 Å². The van der Waals surface area contributed by atoms with Crippen LogP contribution in [0, 0.1) is 0 Å². The standard InChI is InChI=1S/C28H28BrN5O3S2/c1-39(35,36)15-14-30-17-27-32-26(19-38-27)22-12-13-25-24(16-22)28(34(29)20-31-25,33-23-10-6-3-7-11-23)37-18-21-8-4-2-5-9-21/h2-13,16,19-20,30,33H,14-15,17-18H2,1H3. The first kappa shape index (κ1) is 27.5. The third-order valence-electron chi connectivity index (χ3n) is 6.11. The summed E-state index contributed by atoms with van der Waals surface area (Å²) in [7, 11) is -3.00. The molecule has 0 spiro atoms. The number of nitrogens with one attached hydrogen (secondary N) is 2. The van der Waals surface area contributed by atoms with Crippen molar-refractivity contribution in [2.75, 3.05) is 23.9 Å². The molecule has 0 saturated heterocycles. The number of nitrogens with zero attached hydrogens (tertiary/aromatic N) is 3. The molecule has 0 saturated carbocycles. The topological polar surface area (TPSA) is 95.9 Å². The normalized spacial score (nSPS) is 16.7. The Balaban J connectivity index is 1.46. The average molecular weight is 627 g/mol. The van der Waals surface area contributed by atoms with Crippen LogP contribution in [0.5, 0.6) is 0 Å². The molecule has 0 radical (unpaired) electrons. The van der Waals surface area contributed by atoms with E-state index >= 15 is 0 Å². The number of rotatable bonds is 11. The molecule has 1 aliphatic heterocycles. The molecule has 1 unspecified atom stereocenters. The predicted octanol–water partition coefficient (Wildman–Crippen LogP) is 5.67. The minimum Gasteiger partial charge on any atom is -0.335 e. The molecule has 1 atom stereocenters. The molecule has 0 bridgehead atoms. The minimum absolute atomic E-state index is 0.0963. The SMILES string of the molecule is CS(=O)(=O)CCNCc1nc(-c2ccc3c(c2)C(Nc2ccccc2)(OCc2ccccc2)N(Br)C=N3)cs1. The number of benzene rings is 3. The van der Waals surface area contributed by atoms with Crippen LogP contribution in [-0.4, -0.2) is 42.2 Å². The molecule has 4 aromatic rings. The van der Waals surface area contributed by atoms with Crippen LogP contribution in [0.3, 0.4) is 0 Å². The molecular weight excluding hydrogens is 598 g/mol. The lowest BCUT2D eigenvalue weighted by Crippen LogP contribution is -2.50. The van der Waals surface area contributed by atoms with Gasteiger partial charge in [-0.2, -0.15) is 0 Å². The maximum absolute atomic E-state index is 11.4. The Morgan fingerprint density at radius 1 is 1.05 bits per heavy atom. The number of para-hydroxylation sites is 1.